The molecule has 1 N–H and O–H groups in total. The third-order valence-corrected chi connectivity index (χ3v) is 3.45. The van der Waals surface area contributed by atoms with E-state index in [1.165, 1.54) is 5.56 Å². The molecule has 2 aromatic rings. The van der Waals surface area contributed by atoms with Crippen LogP contribution in [0.3, 0.4) is 0 Å². The standard InChI is InChI=1S/C15H19N3O2/c1-2-9-19-10-14-17-15(20-18-14)12-7-8-16-13-6-4-3-5-11(12)13/h3-6,12,16H,2,7-10H2,1H3. The first-order valence-corrected chi connectivity index (χ1v) is 7.11. The lowest BCUT2D eigenvalue weighted by Gasteiger charge is -2.23. The van der Waals surface area contributed by atoms with Gasteiger partial charge >= 0.3 is 0 Å². The summed E-state index contributed by atoms with van der Waals surface area (Å²) in [5.41, 5.74) is 2.38. The van der Waals surface area contributed by atoms with Crippen LogP contribution in [0.25, 0.3) is 0 Å². The summed E-state index contributed by atoms with van der Waals surface area (Å²) in [7, 11) is 0. The maximum Gasteiger partial charge on any atom is 0.234 e. The normalized spacial score (nSPS) is 17.6. The summed E-state index contributed by atoms with van der Waals surface area (Å²) < 4.78 is 10.9. The van der Waals surface area contributed by atoms with Gasteiger partial charge in [0.25, 0.3) is 0 Å². The number of rotatable bonds is 5. The highest BCUT2D eigenvalue weighted by Gasteiger charge is 2.26. The van der Waals surface area contributed by atoms with Crippen LogP contribution in [0.15, 0.2) is 28.8 Å². The molecule has 0 radical (unpaired) electrons. The second-order valence-corrected chi connectivity index (χ2v) is 4.96. The number of nitrogens with zero attached hydrogens (tertiary/aromatic N) is 2. The van der Waals surface area contributed by atoms with Crippen molar-refractivity contribution in [2.45, 2.75) is 32.3 Å². The number of para-hydroxylation sites is 1. The lowest BCUT2D eigenvalue weighted by Crippen LogP contribution is -2.17. The number of fused-ring (bicyclic) bond motifs is 1. The van der Waals surface area contributed by atoms with Crippen LogP contribution in [-0.2, 0) is 11.3 Å². The molecule has 106 valence electrons. The Hall–Kier alpha value is -1.88. The highest BCUT2D eigenvalue weighted by atomic mass is 16.5. The summed E-state index contributed by atoms with van der Waals surface area (Å²) in [5.74, 6) is 1.50. The maximum atomic E-state index is 5.44. The van der Waals surface area contributed by atoms with E-state index < -0.39 is 0 Å². The molecule has 0 bridgehead atoms. The van der Waals surface area contributed by atoms with Crippen LogP contribution in [0, 0.1) is 0 Å². The van der Waals surface area contributed by atoms with Crippen molar-refractivity contribution in [3.63, 3.8) is 0 Å². The summed E-state index contributed by atoms with van der Waals surface area (Å²) in [6, 6.07) is 8.28. The summed E-state index contributed by atoms with van der Waals surface area (Å²) >= 11 is 0. The van der Waals surface area contributed by atoms with E-state index in [0.717, 1.165) is 31.7 Å². The Morgan fingerprint density at radius 3 is 3.20 bits per heavy atom. The summed E-state index contributed by atoms with van der Waals surface area (Å²) in [6.07, 6.45) is 1.96. The first-order chi connectivity index (χ1) is 9.88. The van der Waals surface area contributed by atoms with Crippen LogP contribution < -0.4 is 5.32 Å². The predicted octanol–water partition coefficient (Wildman–Crippen LogP) is 2.94. The molecule has 0 spiro atoms. The van der Waals surface area contributed by atoms with Crippen molar-refractivity contribution in [1.29, 1.82) is 0 Å². The number of hydrogen-bond acceptors (Lipinski definition) is 5. The molecule has 1 atom stereocenters. The number of ether oxygens (including phenoxy) is 1. The average molecular weight is 273 g/mol. The van der Waals surface area contributed by atoms with Crippen molar-refractivity contribution >= 4 is 5.69 Å². The second kappa shape index (κ2) is 6.05. The molecule has 2 heterocycles. The zero-order valence-electron chi connectivity index (χ0n) is 11.6. The fourth-order valence-electron chi connectivity index (χ4n) is 2.50. The smallest absolute Gasteiger partial charge is 0.234 e. The molecule has 0 fully saturated rings. The van der Waals surface area contributed by atoms with E-state index in [9.17, 15) is 0 Å². The van der Waals surface area contributed by atoms with E-state index in [2.05, 4.69) is 34.5 Å². The molecular formula is C15H19N3O2. The van der Waals surface area contributed by atoms with E-state index in [4.69, 9.17) is 9.26 Å². The molecule has 3 rings (SSSR count). The fourth-order valence-corrected chi connectivity index (χ4v) is 2.50. The van der Waals surface area contributed by atoms with Gasteiger partial charge in [-0.25, -0.2) is 0 Å². The molecule has 1 aromatic heterocycles. The third-order valence-electron chi connectivity index (χ3n) is 3.45. The Balaban J connectivity index is 1.77. The third kappa shape index (κ3) is 2.67. The Morgan fingerprint density at radius 1 is 1.40 bits per heavy atom. The zero-order valence-corrected chi connectivity index (χ0v) is 11.6. The van der Waals surface area contributed by atoms with Crippen LogP contribution in [0.2, 0.25) is 0 Å². The molecule has 20 heavy (non-hydrogen) atoms. The molecule has 5 nitrogen and oxygen atoms in total. The monoisotopic (exact) mass is 273 g/mol. The first kappa shape index (κ1) is 13.1. The molecule has 1 aliphatic rings. The van der Waals surface area contributed by atoms with Crippen LogP contribution in [0.4, 0.5) is 5.69 Å². The van der Waals surface area contributed by atoms with Crippen molar-refractivity contribution in [3.8, 4) is 0 Å². The molecule has 0 amide bonds. The Kier molecular flexibility index (Phi) is 3.97. The number of aromatic nitrogens is 2. The molecular weight excluding hydrogens is 254 g/mol. The van der Waals surface area contributed by atoms with Gasteiger partial charge in [0.2, 0.25) is 5.89 Å². The van der Waals surface area contributed by atoms with Gasteiger partial charge in [0, 0.05) is 18.8 Å². The van der Waals surface area contributed by atoms with Gasteiger partial charge in [-0.3, -0.25) is 0 Å². The Bertz CT molecular complexity index is 568. The Morgan fingerprint density at radius 2 is 2.30 bits per heavy atom. The van der Waals surface area contributed by atoms with Gasteiger partial charge in [0.15, 0.2) is 5.82 Å². The van der Waals surface area contributed by atoms with Crippen molar-refractivity contribution in [2.24, 2.45) is 0 Å². The maximum absolute atomic E-state index is 5.44. The molecule has 1 aliphatic heterocycles. The van der Waals surface area contributed by atoms with Gasteiger partial charge in [0.1, 0.15) is 6.61 Å². The van der Waals surface area contributed by atoms with Gasteiger partial charge in [-0.15, -0.1) is 0 Å². The number of hydrogen-bond donors (Lipinski definition) is 1. The van der Waals surface area contributed by atoms with E-state index >= 15 is 0 Å². The quantitative estimate of drug-likeness (QED) is 0.849. The van der Waals surface area contributed by atoms with Crippen LogP contribution in [0.5, 0.6) is 0 Å². The van der Waals surface area contributed by atoms with Crippen molar-refractivity contribution in [2.75, 3.05) is 18.5 Å². The topological polar surface area (TPSA) is 60.2 Å². The molecule has 0 aliphatic carbocycles. The number of anilines is 1. The van der Waals surface area contributed by atoms with Crippen molar-refractivity contribution in [1.82, 2.24) is 10.1 Å². The minimum Gasteiger partial charge on any atom is -0.385 e. The van der Waals surface area contributed by atoms with E-state index in [-0.39, 0.29) is 5.92 Å². The fraction of sp³-hybridized carbons (Fsp3) is 0.467. The lowest BCUT2D eigenvalue weighted by molar-refractivity contribution is 0.114. The largest absolute Gasteiger partial charge is 0.385 e. The van der Waals surface area contributed by atoms with E-state index in [1.807, 2.05) is 12.1 Å². The molecule has 5 heteroatoms. The highest BCUT2D eigenvalue weighted by Crippen LogP contribution is 2.35. The van der Waals surface area contributed by atoms with Gasteiger partial charge in [-0.2, -0.15) is 4.98 Å². The molecule has 0 saturated carbocycles. The minimum atomic E-state index is 0.180. The van der Waals surface area contributed by atoms with E-state index in [0.29, 0.717) is 18.3 Å². The first-order valence-electron chi connectivity index (χ1n) is 7.11. The summed E-state index contributed by atoms with van der Waals surface area (Å²) in [5, 5.41) is 7.40. The predicted molar refractivity (Wildman–Crippen MR) is 75.6 cm³/mol. The average Bonchev–Trinajstić information content (AvgIpc) is 2.96. The highest BCUT2D eigenvalue weighted by molar-refractivity contribution is 5.56. The molecule has 0 saturated heterocycles. The minimum absolute atomic E-state index is 0.180. The van der Waals surface area contributed by atoms with Crippen LogP contribution in [-0.4, -0.2) is 23.3 Å². The van der Waals surface area contributed by atoms with Crippen LogP contribution >= 0.6 is 0 Å². The van der Waals surface area contributed by atoms with Gasteiger partial charge < -0.3 is 14.6 Å². The summed E-state index contributed by atoms with van der Waals surface area (Å²) in [4.78, 5) is 4.47. The SMILES string of the molecule is CCCOCc1noc(C2CCNc3ccccc32)n1. The van der Waals surface area contributed by atoms with Crippen molar-refractivity contribution < 1.29 is 9.26 Å². The number of nitrogens with one attached hydrogen (secondary N) is 1. The Labute approximate surface area is 118 Å². The van der Waals surface area contributed by atoms with Crippen LogP contribution in [0.1, 0.15) is 43.0 Å². The zero-order chi connectivity index (χ0) is 13.8. The lowest BCUT2D eigenvalue weighted by atomic mass is 9.91. The molecule has 1 unspecified atom stereocenters. The van der Waals surface area contributed by atoms with Gasteiger partial charge in [-0.1, -0.05) is 30.3 Å². The second-order valence-electron chi connectivity index (χ2n) is 4.96. The van der Waals surface area contributed by atoms with Gasteiger partial charge in [-0.05, 0) is 24.5 Å². The number of benzene rings is 1. The van der Waals surface area contributed by atoms with E-state index in [1.54, 1.807) is 0 Å². The summed E-state index contributed by atoms with van der Waals surface area (Å²) in [6.45, 7) is 4.14. The van der Waals surface area contributed by atoms with Crippen molar-refractivity contribution in [3.05, 3.63) is 41.5 Å². The molecule has 1 aromatic carbocycles. The van der Waals surface area contributed by atoms with Gasteiger partial charge in [0.05, 0.1) is 5.92 Å².